The van der Waals surface area contributed by atoms with Gasteiger partial charge in [0.15, 0.2) is 6.29 Å². The van der Waals surface area contributed by atoms with E-state index in [2.05, 4.69) is 4.99 Å². The molecule has 2 N–H and O–H groups in total. The topological polar surface area (TPSA) is 102 Å². The molecule has 0 spiro atoms. The van der Waals surface area contributed by atoms with Crippen LogP contribution in [0.25, 0.3) is 0 Å². The van der Waals surface area contributed by atoms with Gasteiger partial charge >= 0.3 is 0 Å². The molecule has 0 aromatic heterocycles. The minimum absolute atomic E-state index is 0.0503. The minimum atomic E-state index is -0.410. The molecule has 0 amide bonds. The summed E-state index contributed by atoms with van der Waals surface area (Å²) in [7, 11) is 0. The van der Waals surface area contributed by atoms with Gasteiger partial charge in [0.1, 0.15) is 4.90 Å². The van der Waals surface area contributed by atoms with E-state index in [0.29, 0.717) is 36.5 Å². The first-order valence-corrected chi connectivity index (χ1v) is 7.98. The number of carbonyl (C=O) groups excluding carboxylic acids is 1. The first kappa shape index (κ1) is 17.5. The third-order valence-electron chi connectivity index (χ3n) is 3.12. The van der Waals surface area contributed by atoms with Gasteiger partial charge in [-0.1, -0.05) is 23.7 Å². The molecule has 0 bridgehead atoms. The van der Waals surface area contributed by atoms with Crippen LogP contribution in [-0.4, -0.2) is 40.9 Å². The van der Waals surface area contributed by atoms with Gasteiger partial charge in [0, 0.05) is 19.2 Å². The number of aldehydes is 1. The van der Waals surface area contributed by atoms with Crippen LogP contribution >= 0.6 is 23.5 Å². The molecule has 7 nitrogen and oxygen atoms in total. The van der Waals surface area contributed by atoms with Crippen LogP contribution < -0.4 is 5.73 Å². The second-order valence-corrected chi connectivity index (χ2v) is 6.27. The smallest absolute Gasteiger partial charge is 0.284 e. The number of hydrogen-bond acceptors (Lipinski definition) is 7. The molecule has 122 valence electrons. The summed E-state index contributed by atoms with van der Waals surface area (Å²) < 4.78 is 1.93. The Morgan fingerprint density at radius 3 is 2.91 bits per heavy atom. The number of nitrogens with zero attached hydrogens (tertiary/aromatic N) is 3. The van der Waals surface area contributed by atoms with E-state index < -0.39 is 4.92 Å². The van der Waals surface area contributed by atoms with Crippen LogP contribution in [0.3, 0.4) is 0 Å². The molecule has 1 aliphatic heterocycles. The maximum Gasteiger partial charge on any atom is 0.284 e. The van der Waals surface area contributed by atoms with Gasteiger partial charge in [0.2, 0.25) is 0 Å². The summed E-state index contributed by atoms with van der Waals surface area (Å²) in [5.74, 6) is 0. The number of aliphatic imine (C=N–C) groups is 1. The maximum atomic E-state index is 11.1. The number of halogens is 1. The Hall–Kier alpha value is -1.90. The van der Waals surface area contributed by atoms with Gasteiger partial charge in [0.05, 0.1) is 27.9 Å². The van der Waals surface area contributed by atoms with E-state index in [0.717, 1.165) is 6.42 Å². The number of benzene rings is 1. The van der Waals surface area contributed by atoms with Crippen molar-refractivity contribution in [3.63, 3.8) is 0 Å². The summed E-state index contributed by atoms with van der Waals surface area (Å²) in [5, 5.41) is 11.2. The first-order valence-electron chi connectivity index (χ1n) is 6.83. The highest BCUT2D eigenvalue weighted by Gasteiger charge is 2.21. The Morgan fingerprint density at radius 1 is 1.48 bits per heavy atom. The second kappa shape index (κ2) is 8.09. The van der Waals surface area contributed by atoms with E-state index >= 15 is 0 Å². The fourth-order valence-corrected chi connectivity index (χ4v) is 3.24. The molecular weight excluding hydrogens is 340 g/mol. The Morgan fingerprint density at radius 2 is 2.22 bits per heavy atom. The van der Waals surface area contributed by atoms with Crippen molar-refractivity contribution in [2.24, 2.45) is 10.7 Å². The Labute approximate surface area is 142 Å². The SMILES string of the molecule is N/C(C=O)=C(/Cl)C1=NCCCN(Sc2ccccc2[N+](=O)[O-])C1. The highest BCUT2D eigenvalue weighted by atomic mass is 35.5. The molecule has 0 fully saturated rings. The van der Waals surface area contributed by atoms with E-state index in [1.54, 1.807) is 18.2 Å². The highest BCUT2D eigenvalue weighted by molar-refractivity contribution is 7.97. The van der Waals surface area contributed by atoms with Crippen LogP contribution in [0.1, 0.15) is 6.42 Å². The molecule has 0 aliphatic carbocycles. The van der Waals surface area contributed by atoms with Crippen molar-refractivity contribution in [2.45, 2.75) is 11.3 Å². The van der Waals surface area contributed by atoms with Crippen LogP contribution in [-0.2, 0) is 4.79 Å². The van der Waals surface area contributed by atoms with Gasteiger partial charge in [-0.15, -0.1) is 0 Å². The lowest BCUT2D eigenvalue weighted by Gasteiger charge is -2.19. The number of nitrogens with two attached hydrogens (primary N) is 1. The largest absolute Gasteiger partial charge is 0.395 e. The van der Waals surface area contributed by atoms with Crippen molar-refractivity contribution in [2.75, 3.05) is 19.6 Å². The molecule has 23 heavy (non-hydrogen) atoms. The van der Waals surface area contributed by atoms with Gasteiger partial charge < -0.3 is 5.73 Å². The lowest BCUT2D eigenvalue weighted by Crippen LogP contribution is -2.24. The average Bonchev–Trinajstić information content (AvgIpc) is 2.79. The fourth-order valence-electron chi connectivity index (χ4n) is 2.02. The summed E-state index contributed by atoms with van der Waals surface area (Å²) in [6, 6.07) is 6.54. The fraction of sp³-hybridized carbons (Fsp3) is 0.286. The number of carbonyl (C=O) groups is 1. The zero-order valence-corrected chi connectivity index (χ0v) is 13.7. The van der Waals surface area contributed by atoms with Crippen molar-refractivity contribution in [1.82, 2.24) is 4.31 Å². The Kier molecular flexibility index (Phi) is 6.14. The quantitative estimate of drug-likeness (QED) is 0.286. The summed E-state index contributed by atoms with van der Waals surface area (Å²) in [5.41, 5.74) is 6.04. The van der Waals surface area contributed by atoms with Crippen LogP contribution in [0, 0.1) is 10.1 Å². The second-order valence-electron chi connectivity index (χ2n) is 4.75. The highest BCUT2D eigenvalue weighted by Crippen LogP contribution is 2.32. The summed E-state index contributed by atoms with van der Waals surface area (Å²) in [4.78, 5) is 26.3. The van der Waals surface area contributed by atoms with E-state index in [-0.39, 0.29) is 16.4 Å². The molecule has 2 rings (SSSR count). The summed E-state index contributed by atoms with van der Waals surface area (Å²) in [6.07, 6.45) is 1.26. The molecule has 0 unspecified atom stereocenters. The minimum Gasteiger partial charge on any atom is -0.395 e. The molecule has 1 aromatic carbocycles. The van der Waals surface area contributed by atoms with Crippen molar-refractivity contribution in [1.29, 1.82) is 0 Å². The van der Waals surface area contributed by atoms with Gasteiger partial charge in [-0.05, 0) is 24.4 Å². The lowest BCUT2D eigenvalue weighted by molar-refractivity contribution is -0.387. The number of hydrogen-bond donors (Lipinski definition) is 1. The first-order chi connectivity index (χ1) is 11.0. The predicted octanol–water partition coefficient (Wildman–Crippen LogP) is 2.36. The summed E-state index contributed by atoms with van der Waals surface area (Å²) in [6.45, 7) is 1.60. The van der Waals surface area contributed by atoms with Crippen LogP contribution in [0.5, 0.6) is 0 Å². The number of allylic oxidation sites excluding steroid dienone is 1. The number of para-hydroxylation sites is 1. The Bertz CT molecular complexity index is 678. The van der Waals surface area contributed by atoms with Crippen molar-refractivity contribution in [3.05, 3.63) is 45.1 Å². The monoisotopic (exact) mass is 354 g/mol. The van der Waals surface area contributed by atoms with Crippen molar-refractivity contribution in [3.8, 4) is 0 Å². The van der Waals surface area contributed by atoms with Crippen LogP contribution in [0.4, 0.5) is 5.69 Å². The maximum absolute atomic E-state index is 11.1. The predicted molar refractivity (Wildman–Crippen MR) is 90.6 cm³/mol. The Balaban J connectivity index is 2.20. The zero-order chi connectivity index (χ0) is 16.8. The third kappa shape index (κ3) is 4.54. The molecule has 1 aliphatic rings. The van der Waals surface area contributed by atoms with Gasteiger partial charge in [-0.25, -0.2) is 4.31 Å². The molecule has 1 heterocycles. The van der Waals surface area contributed by atoms with Crippen molar-refractivity contribution < 1.29 is 9.72 Å². The van der Waals surface area contributed by atoms with E-state index in [1.807, 2.05) is 4.31 Å². The average molecular weight is 355 g/mol. The lowest BCUT2D eigenvalue weighted by atomic mass is 10.3. The van der Waals surface area contributed by atoms with Gasteiger partial charge in [-0.2, -0.15) is 0 Å². The molecule has 0 atom stereocenters. The normalized spacial score (nSPS) is 17.0. The van der Waals surface area contributed by atoms with Crippen LogP contribution in [0.2, 0.25) is 0 Å². The molecule has 0 saturated heterocycles. The van der Waals surface area contributed by atoms with Gasteiger partial charge in [-0.3, -0.25) is 19.9 Å². The van der Waals surface area contributed by atoms with Crippen molar-refractivity contribution >= 4 is 41.2 Å². The van der Waals surface area contributed by atoms with Crippen LogP contribution in [0.15, 0.2) is 44.9 Å². The number of nitro benzene ring substituents is 1. The van der Waals surface area contributed by atoms with E-state index in [1.165, 1.54) is 18.0 Å². The van der Waals surface area contributed by atoms with E-state index in [9.17, 15) is 14.9 Å². The molecule has 0 saturated carbocycles. The number of nitro groups is 1. The standard InChI is InChI=1S/C14H15ClN4O3S/c15-14(10(16)9-20)11-8-18(7-3-6-17-11)23-13-5-2-1-4-12(13)19(21)22/h1-2,4-5,9H,3,6-8,16H2/b14-10+. The number of rotatable bonds is 5. The molecule has 1 aromatic rings. The third-order valence-corrected chi connectivity index (χ3v) is 4.67. The van der Waals surface area contributed by atoms with E-state index in [4.69, 9.17) is 17.3 Å². The molecular formula is C14H15ClN4O3S. The molecule has 0 radical (unpaired) electrons. The molecule has 9 heteroatoms. The zero-order valence-electron chi connectivity index (χ0n) is 12.1. The van der Waals surface area contributed by atoms with Gasteiger partial charge in [0.25, 0.3) is 5.69 Å². The summed E-state index contributed by atoms with van der Waals surface area (Å²) >= 11 is 7.35.